The van der Waals surface area contributed by atoms with Gasteiger partial charge in [0.05, 0.1) is 10.5 Å². The van der Waals surface area contributed by atoms with Crippen LogP contribution in [-0.2, 0) is 14.6 Å². The summed E-state index contributed by atoms with van der Waals surface area (Å²) in [6.07, 6.45) is 4.46. The molecule has 1 atom stereocenters. The van der Waals surface area contributed by atoms with E-state index in [4.69, 9.17) is 0 Å². The Morgan fingerprint density at radius 2 is 2.23 bits per heavy atom. The van der Waals surface area contributed by atoms with Crippen molar-refractivity contribution in [3.05, 3.63) is 0 Å². The van der Waals surface area contributed by atoms with Crippen molar-refractivity contribution < 1.29 is 13.2 Å². The van der Waals surface area contributed by atoms with Crippen molar-refractivity contribution in [2.45, 2.75) is 24.0 Å². The molecular weight excluding hydrogens is 208 g/mol. The van der Waals surface area contributed by atoms with E-state index in [0.717, 1.165) is 24.9 Å². The lowest BCUT2D eigenvalue weighted by atomic mass is 10.0. The van der Waals surface area contributed by atoms with E-state index in [0.29, 0.717) is 6.42 Å². The molecule has 76 valence electrons. The Bertz CT molecular complexity index is 276. The zero-order chi connectivity index (χ0) is 9.95. The maximum absolute atomic E-state index is 10.9. The lowest BCUT2D eigenvalue weighted by Gasteiger charge is -2.19. The van der Waals surface area contributed by atoms with Crippen molar-refractivity contribution in [2.24, 2.45) is 0 Å². The summed E-state index contributed by atoms with van der Waals surface area (Å²) in [7, 11) is -2.93. The van der Waals surface area contributed by atoms with Gasteiger partial charge in [-0.2, -0.15) is 0 Å². The second-order valence-electron chi connectivity index (χ2n) is 3.51. The van der Waals surface area contributed by atoms with Crippen molar-refractivity contribution in [2.75, 3.05) is 17.8 Å². The van der Waals surface area contributed by atoms with Crippen molar-refractivity contribution in [1.29, 1.82) is 0 Å². The van der Waals surface area contributed by atoms with Gasteiger partial charge in [0.25, 0.3) is 0 Å². The SMILES string of the molecule is CS(=O)(=O)CCC1(C=O)CCCS1. The Morgan fingerprint density at radius 1 is 1.54 bits per heavy atom. The Balaban J connectivity index is 2.54. The first-order valence-corrected chi connectivity index (χ1v) is 7.30. The van der Waals surface area contributed by atoms with Crippen LogP contribution in [0.5, 0.6) is 0 Å². The Kier molecular flexibility index (Phi) is 3.40. The fourth-order valence-electron chi connectivity index (χ4n) is 1.43. The summed E-state index contributed by atoms with van der Waals surface area (Å²) < 4.78 is 21.4. The highest BCUT2D eigenvalue weighted by atomic mass is 32.2. The van der Waals surface area contributed by atoms with Gasteiger partial charge in [0.1, 0.15) is 16.1 Å². The van der Waals surface area contributed by atoms with Crippen LogP contribution in [0.4, 0.5) is 0 Å². The minimum Gasteiger partial charge on any atom is -0.302 e. The van der Waals surface area contributed by atoms with Crippen LogP contribution in [0.1, 0.15) is 19.3 Å². The second-order valence-corrected chi connectivity index (χ2v) is 7.28. The van der Waals surface area contributed by atoms with Gasteiger partial charge in [-0.15, -0.1) is 11.8 Å². The fraction of sp³-hybridized carbons (Fsp3) is 0.875. The molecule has 0 aromatic heterocycles. The van der Waals surface area contributed by atoms with Gasteiger partial charge >= 0.3 is 0 Å². The molecule has 0 saturated carbocycles. The molecule has 1 aliphatic heterocycles. The zero-order valence-corrected chi connectivity index (χ0v) is 9.29. The predicted molar refractivity (Wildman–Crippen MR) is 54.8 cm³/mol. The molecule has 1 fully saturated rings. The summed E-state index contributed by atoms with van der Waals surface area (Å²) in [5.74, 6) is 1.10. The number of carbonyl (C=O) groups is 1. The molecule has 1 saturated heterocycles. The smallest absolute Gasteiger partial charge is 0.147 e. The molecule has 1 unspecified atom stereocenters. The highest BCUT2D eigenvalue weighted by Crippen LogP contribution is 2.39. The largest absolute Gasteiger partial charge is 0.302 e. The maximum Gasteiger partial charge on any atom is 0.147 e. The molecular formula is C8H14O3S2. The number of thioether (sulfide) groups is 1. The Labute approximate surface area is 83.2 Å². The molecule has 0 N–H and O–H groups in total. The third-order valence-corrected chi connectivity index (χ3v) is 4.76. The number of aldehydes is 1. The van der Waals surface area contributed by atoms with Crippen molar-refractivity contribution in [3.63, 3.8) is 0 Å². The lowest BCUT2D eigenvalue weighted by Crippen LogP contribution is -2.26. The van der Waals surface area contributed by atoms with Crippen LogP contribution < -0.4 is 0 Å². The molecule has 1 heterocycles. The number of carbonyl (C=O) groups excluding carboxylic acids is 1. The van der Waals surface area contributed by atoms with E-state index in [1.54, 1.807) is 11.8 Å². The predicted octanol–water partition coefficient (Wildman–Crippen LogP) is 0.886. The van der Waals surface area contributed by atoms with Gasteiger partial charge in [0.2, 0.25) is 0 Å². The molecule has 0 aliphatic carbocycles. The van der Waals surface area contributed by atoms with Crippen LogP contribution in [-0.4, -0.2) is 37.2 Å². The van der Waals surface area contributed by atoms with Crippen LogP contribution in [0, 0.1) is 0 Å². The molecule has 0 aromatic rings. The van der Waals surface area contributed by atoms with E-state index in [1.165, 1.54) is 6.26 Å². The molecule has 0 aromatic carbocycles. The van der Waals surface area contributed by atoms with E-state index in [1.807, 2.05) is 0 Å². The first kappa shape index (κ1) is 11.0. The van der Waals surface area contributed by atoms with Gasteiger partial charge in [-0.25, -0.2) is 8.42 Å². The van der Waals surface area contributed by atoms with Crippen LogP contribution in [0.3, 0.4) is 0 Å². The van der Waals surface area contributed by atoms with Crippen LogP contribution >= 0.6 is 11.8 Å². The van der Waals surface area contributed by atoms with Crippen molar-refractivity contribution in [1.82, 2.24) is 0 Å². The van der Waals surface area contributed by atoms with Crippen LogP contribution in [0.2, 0.25) is 0 Å². The van der Waals surface area contributed by atoms with Crippen molar-refractivity contribution in [3.8, 4) is 0 Å². The minimum absolute atomic E-state index is 0.124. The van der Waals surface area contributed by atoms with Gasteiger partial charge in [0, 0.05) is 6.26 Å². The summed E-state index contributed by atoms with van der Waals surface area (Å²) >= 11 is 1.60. The zero-order valence-electron chi connectivity index (χ0n) is 7.65. The average molecular weight is 222 g/mol. The van der Waals surface area contributed by atoms with E-state index >= 15 is 0 Å². The summed E-state index contributed by atoms with van der Waals surface area (Å²) in [5, 5.41) is 0. The van der Waals surface area contributed by atoms with E-state index in [-0.39, 0.29) is 5.75 Å². The van der Waals surface area contributed by atoms with E-state index in [2.05, 4.69) is 0 Å². The van der Waals surface area contributed by atoms with Gasteiger partial charge in [0.15, 0.2) is 0 Å². The molecule has 0 amide bonds. The molecule has 0 spiro atoms. The summed E-state index contributed by atoms with van der Waals surface area (Å²) in [5.41, 5.74) is 0. The number of hydrogen-bond acceptors (Lipinski definition) is 4. The van der Waals surface area contributed by atoms with Gasteiger partial charge in [-0.1, -0.05) is 0 Å². The number of sulfone groups is 1. The molecule has 13 heavy (non-hydrogen) atoms. The highest BCUT2D eigenvalue weighted by molar-refractivity contribution is 8.01. The molecule has 1 aliphatic rings. The third kappa shape index (κ3) is 3.31. The molecule has 3 nitrogen and oxygen atoms in total. The van der Waals surface area contributed by atoms with Crippen LogP contribution in [0.15, 0.2) is 0 Å². The lowest BCUT2D eigenvalue weighted by molar-refractivity contribution is -0.109. The number of hydrogen-bond donors (Lipinski definition) is 0. The molecule has 0 radical (unpaired) electrons. The maximum atomic E-state index is 10.9. The topological polar surface area (TPSA) is 51.2 Å². The van der Waals surface area contributed by atoms with E-state index in [9.17, 15) is 13.2 Å². The van der Waals surface area contributed by atoms with E-state index < -0.39 is 14.6 Å². The Hall–Kier alpha value is -0.0300. The third-order valence-electron chi connectivity index (χ3n) is 2.24. The normalized spacial score (nSPS) is 29.0. The Morgan fingerprint density at radius 3 is 2.62 bits per heavy atom. The van der Waals surface area contributed by atoms with Crippen molar-refractivity contribution >= 4 is 27.9 Å². The van der Waals surface area contributed by atoms with Crippen LogP contribution in [0.25, 0.3) is 0 Å². The summed E-state index contributed by atoms with van der Waals surface area (Å²) in [4.78, 5) is 10.8. The first-order valence-electron chi connectivity index (χ1n) is 4.25. The van der Waals surface area contributed by atoms with Gasteiger partial charge in [-0.3, -0.25) is 0 Å². The molecule has 1 rings (SSSR count). The summed E-state index contributed by atoms with van der Waals surface area (Å²) in [6.45, 7) is 0. The summed E-state index contributed by atoms with van der Waals surface area (Å²) in [6, 6.07) is 0. The first-order chi connectivity index (χ1) is 5.97. The molecule has 5 heteroatoms. The number of rotatable bonds is 4. The highest BCUT2D eigenvalue weighted by Gasteiger charge is 2.34. The fourth-order valence-corrected chi connectivity index (χ4v) is 3.59. The second kappa shape index (κ2) is 4.00. The monoisotopic (exact) mass is 222 g/mol. The minimum atomic E-state index is -2.93. The van der Waals surface area contributed by atoms with Gasteiger partial charge in [-0.05, 0) is 25.0 Å². The van der Waals surface area contributed by atoms with Gasteiger partial charge < -0.3 is 4.79 Å². The average Bonchev–Trinajstić information content (AvgIpc) is 2.49. The molecule has 0 bridgehead atoms. The quantitative estimate of drug-likeness (QED) is 0.663. The standard InChI is InChI=1S/C8H14O3S2/c1-13(10,11)6-4-8(7-9)3-2-5-12-8/h7H,2-6H2,1H3.